The molecule has 1 aromatic carbocycles. The molecule has 1 aliphatic rings. The number of fused-ring (bicyclic) bond motifs is 1. The molecule has 0 aliphatic heterocycles. The van der Waals surface area contributed by atoms with Crippen LogP contribution in [0.15, 0.2) is 41.5 Å². The second-order valence-corrected chi connectivity index (χ2v) is 8.62. The molecule has 0 amide bonds. The zero-order chi connectivity index (χ0) is 21.3. The van der Waals surface area contributed by atoms with Crippen molar-refractivity contribution in [2.75, 3.05) is 5.73 Å². The smallest absolute Gasteiger partial charge is 0.266 e. The van der Waals surface area contributed by atoms with E-state index in [1.54, 1.807) is 22.9 Å². The van der Waals surface area contributed by atoms with E-state index in [-0.39, 0.29) is 17.6 Å². The van der Waals surface area contributed by atoms with Crippen LogP contribution in [0, 0.1) is 5.92 Å². The summed E-state index contributed by atoms with van der Waals surface area (Å²) in [4.78, 5) is 22.7. The van der Waals surface area contributed by atoms with Crippen molar-refractivity contribution >= 4 is 16.6 Å². The highest BCUT2D eigenvalue weighted by Gasteiger charge is 2.25. The van der Waals surface area contributed by atoms with E-state index in [1.165, 1.54) is 0 Å². The molecule has 3 aromatic rings. The Bertz CT molecular complexity index is 1080. The van der Waals surface area contributed by atoms with Crippen LogP contribution in [0.1, 0.15) is 63.3 Å². The van der Waals surface area contributed by atoms with Crippen molar-refractivity contribution < 1.29 is 5.11 Å². The molecule has 0 unspecified atom stereocenters. The molecule has 6 heteroatoms. The molecule has 2 aromatic heterocycles. The number of aliphatic hydroxyl groups is 1. The molecule has 0 radical (unpaired) electrons. The first kappa shape index (κ1) is 20.5. The van der Waals surface area contributed by atoms with Gasteiger partial charge in [-0.1, -0.05) is 20.3 Å². The second-order valence-electron chi connectivity index (χ2n) is 8.62. The summed E-state index contributed by atoms with van der Waals surface area (Å²) in [5.74, 6) is 1.55. The zero-order valence-corrected chi connectivity index (χ0v) is 17.7. The first-order chi connectivity index (χ1) is 14.5. The van der Waals surface area contributed by atoms with E-state index in [0.29, 0.717) is 17.0 Å². The Kier molecular flexibility index (Phi) is 5.86. The quantitative estimate of drug-likeness (QED) is 0.625. The van der Waals surface area contributed by atoms with Crippen LogP contribution in [-0.4, -0.2) is 25.7 Å². The van der Waals surface area contributed by atoms with Gasteiger partial charge in [0.2, 0.25) is 0 Å². The highest BCUT2D eigenvalue weighted by Crippen LogP contribution is 2.35. The highest BCUT2D eigenvalue weighted by atomic mass is 16.3. The van der Waals surface area contributed by atoms with Gasteiger partial charge >= 0.3 is 0 Å². The van der Waals surface area contributed by atoms with E-state index < -0.39 is 0 Å². The van der Waals surface area contributed by atoms with Gasteiger partial charge in [0, 0.05) is 30.2 Å². The molecular formula is C24H30N4O2. The number of benzene rings is 1. The number of nitrogens with two attached hydrogens (primary N) is 1. The SMILES string of the molecule is CC[C@H](C)Cc1ncc2c(=O)n(-c3ccc(N)cc3)cc(C3CCC(O)CC3)c2n1. The minimum atomic E-state index is -0.230. The molecule has 6 nitrogen and oxygen atoms in total. The lowest BCUT2D eigenvalue weighted by atomic mass is 9.82. The third kappa shape index (κ3) is 4.10. The lowest BCUT2D eigenvalue weighted by Gasteiger charge is -2.27. The number of aromatic nitrogens is 3. The van der Waals surface area contributed by atoms with Gasteiger partial charge in [-0.3, -0.25) is 9.36 Å². The van der Waals surface area contributed by atoms with Crippen molar-refractivity contribution in [3.05, 3.63) is 58.4 Å². The standard InChI is InChI=1S/C24H30N4O2/c1-3-15(2)12-22-26-13-20-23(27-22)21(16-4-10-19(29)11-5-16)14-28(24(20)30)18-8-6-17(25)7-9-18/h6-9,13-16,19,29H,3-5,10-12,25H2,1-2H3/t15-,16?,19?/m0/s1. The van der Waals surface area contributed by atoms with Gasteiger partial charge in [0.25, 0.3) is 5.56 Å². The molecule has 1 saturated carbocycles. The van der Waals surface area contributed by atoms with Crippen molar-refractivity contribution in [2.45, 2.75) is 64.4 Å². The van der Waals surface area contributed by atoms with Crippen molar-refractivity contribution in [1.29, 1.82) is 0 Å². The minimum Gasteiger partial charge on any atom is -0.399 e. The number of anilines is 1. The number of hydrogen-bond donors (Lipinski definition) is 2. The highest BCUT2D eigenvalue weighted by molar-refractivity contribution is 5.81. The fourth-order valence-electron chi connectivity index (χ4n) is 4.25. The topological polar surface area (TPSA) is 94.0 Å². The summed E-state index contributed by atoms with van der Waals surface area (Å²) in [6, 6.07) is 7.31. The Labute approximate surface area is 176 Å². The van der Waals surface area contributed by atoms with E-state index in [0.717, 1.165) is 61.1 Å². The maximum absolute atomic E-state index is 13.3. The number of nitrogens with zero attached hydrogens (tertiary/aromatic N) is 3. The van der Waals surface area contributed by atoms with Crippen LogP contribution in [-0.2, 0) is 6.42 Å². The van der Waals surface area contributed by atoms with Gasteiger partial charge in [-0.25, -0.2) is 9.97 Å². The fraction of sp³-hybridized carbons (Fsp3) is 0.458. The van der Waals surface area contributed by atoms with Crippen LogP contribution in [0.5, 0.6) is 0 Å². The molecule has 1 fully saturated rings. The van der Waals surface area contributed by atoms with Crippen molar-refractivity contribution in [3.8, 4) is 5.69 Å². The number of pyridine rings is 1. The maximum Gasteiger partial charge on any atom is 0.266 e. The van der Waals surface area contributed by atoms with E-state index in [1.807, 2.05) is 18.3 Å². The largest absolute Gasteiger partial charge is 0.399 e. The van der Waals surface area contributed by atoms with Crippen molar-refractivity contribution in [1.82, 2.24) is 14.5 Å². The summed E-state index contributed by atoms with van der Waals surface area (Å²) in [5.41, 5.74) is 8.98. The summed E-state index contributed by atoms with van der Waals surface area (Å²) in [6.07, 6.45) is 8.60. The Hall–Kier alpha value is -2.73. The predicted molar refractivity (Wildman–Crippen MR) is 120 cm³/mol. The van der Waals surface area contributed by atoms with Crippen LogP contribution in [0.3, 0.4) is 0 Å². The van der Waals surface area contributed by atoms with Gasteiger partial charge < -0.3 is 10.8 Å². The molecule has 0 saturated heterocycles. The third-order valence-electron chi connectivity index (χ3n) is 6.37. The van der Waals surface area contributed by atoms with Crippen LogP contribution in [0.25, 0.3) is 16.6 Å². The van der Waals surface area contributed by atoms with Gasteiger partial charge in [-0.2, -0.15) is 0 Å². The van der Waals surface area contributed by atoms with Crippen molar-refractivity contribution in [3.63, 3.8) is 0 Å². The Morgan fingerprint density at radius 3 is 2.57 bits per heavy atom. The van der Waals surface area contributed by atoms with E-state index in [4.69, 9.17) is 10.7 Å². The lowest BCUT2D eigenvalue weighted by molar-refractivity contribution is 0.122. The average Bonchev–Trinajstić information content (AvgIpc) is 2.75. The first-order valence-electron chi connectivity index (χ1n) is 10.9. The molecule has 2 heterocycles. The molecule has 4 rings (SSSR count). The molecule has 3 N–H and O–H groups in total. The number of hydrogen-bond acceptors (Lipinski definition) is 5. The maximum atomic E-state index is 13.3. The fourth-order valence-corrected chi connectivity index (χ4v) is 4.25. The average molecular weight is 407 g/mol. The monoisotopic (exact) mass is 406 g/mol. The van der Waals surface area contributed by atoms with Gasteiger partial charge in [0.15, 0.2) is 0 Å². The molecule has 1 atom stereocenters. The number of nitrogen functional groups attached to an aromatic ring is 1. The third-order valence-corrected chi connectivity index (χ3v) is 6.37. The van der Waals surface area contributed by atoms with Crippen LogP contribution >= 0.6 is 0 Å². The zero-order valence-electron chi connectivity index (χ0n) is 17.7. The predicted octanol–water partition coefficient (Wildman–Crippen LogP) is 3.97. The Balaban J connectivity index is 1.88. The molecule has 1 aliphatic carbocycles. The molecular weight excluding hydrogens is 376 g/mol. The van der Waals surface area contributed by atoms with Gasteiger partial charge in [0.05, 0.1) is 17.0 Å². The van der Waals surface area contributed by atoms with Gasteiger partial charge in [-0.05, 0) is 67.3 Å². The van der Waals surface area contributed by atoms with Crippen molar-refractivity contribution in [2.24, 2.45) is 5.92 Å². The molecule has 30 heavy (non-hydrogen) atoms. The van der Waals surface area contributed by atoms with Gasteiger partial charge in [0.1, 0.15) is 5.82 Å². The molecule has 0 bridgehead atoms. The van der Waals surface area contributed by atoms with E-state index in [2.05, 4.69) is 18.8 Å². The minimum absolute atomic E-state index is 0.121. The normalized spacial score (nSPS) is 20.4. The second kappa shape index (κ2) is 8.56. The first-order valence-corrected chi connectivity index (χ1v) is 10.9. The molecule has 158 valence electrons. The lowest BCUT2D eigenvalue weighted by Crippen LogP contribution is -2.23. The summed E-state index contributed by atoms with van der Waals surface area (Å²) < 4.78 is 1.68. The summed E-state index contributed by atoms with van der Waals surface area (Å²) >= 11 is 0. The van der Waals surface area contributed by atoms with Crippen LogP contribution in [0.2, 0.25) is 0 Å². The Morgan fingerprint density at radius 2 is 1.90 bits per heavy atom. The van der Waals surface area contributed by atoms with E-state index in [9.17, 15) is 9.90 Å². The van der Waals surface area contributed by atoms with Crippen LogP contribution < -0.4 is 11.3 Å². The number of rotatable bonds is 5. The molecule has 0 spiro atoms. The summed E-state index contributed by atoms with van der Waals surface area (Å²) in [6.45, 7) is 4.35. The summed E-state index contributed by atoms with van der Waals surface area (Å²) in [7, 11) is 0. The number of aliphatic hydroxyl groups excluding tert-OH is 1. The van der Waals surface area contributed by atoms with Gasteiger partial charge in [-0.15, -0.1) is 0 Å². The Morgan fingerprint density at radius 1 is 1.20 bits per heavy atom. The van der Waals surface area contributed by atoms with Crippen LogP contribution in [0.4, 0.5) is 5.69 Å². The summed E-state index contributed by atoms with van der Waals surface area (Å²) in [5, 5.41) is 10.5. The van der Waals surface area contributed by atoms with E-state index >= 15 is 0 Å².